The van der Waals surface area contributed by atoms with E-state index in [1.807, 2.05) is 6.07 Å². The standard InChI is InChI=1S/C26H23FN4O3/c27-21-10-1-2-11-23(21)31-22-12-4-9-20(22)24(30-31)26(33)28-15-17-6-3-7-18(14-17)25(32)29-16-19-8-5-13-34-19/h1-3,5-8,10-11,13-14H,4,9,12,15-16H2,(H,28,33)(H,29,32). The second kappa shape index (κ2) is 9.35. The van der Waals surface area contributed by atoms with Gasteiger partial charge in [0.1, 0.15) is 17.3 Å². The molecule has 7 nitrogen and oxygen atoms in total. The summed E-state index contributed by atoms with van der Waals surface area (Å²) >= 11 is 0. The quantitative estimate of drug-likeness (QED) is 0.439. The van der Waals surface area contributed by atoms with Crippen molar-refractivity contribution in [1.82, 2.24) is 20.4 Å². The van der Waals surface area contributed by atoms with Crippen LogP contribution in [0, 0.1) is 5.82 Å². The normalized spacial score (nSPS) is 12.4. The smallest absolute Gasteiger partial charge is 0.272 e. The van der Waals surface area contributed by atoms with Crippen molar-refractivity contribution in [1.29, 1.82) is 0 Å². The van der Waals surface area contributed by atoms with E-state index >= 15 is 0 Å². The predicted octanol–water partition coefficient (Wildman–Crippen LogP) is 3.95. The summed E-state index contributed by atoms with van der Waals surface area (Å²) in [5, 5.41) is 10.2. The summed E-state index contributed by atoms with van der Waals surface area (Å²) in [5.41, 5.74) is 3.68. The van der Waals surface area contributed by atoms with Crippen molar-refractivity contribution < 1.29 is 18.4 Å². The van der Waals surface area contributed by atoms with Gasteiger partial charge < -0.3 is 15.1 Å². The van der Waals surface area contributed by atoms with Gasteiger partial charge >= 0.3 is 0 Å². The zero-order valence-electron chi connectivity index (χ0n) is 18.4. The van der Waals surface area contributed by atoms with Crippen LogP contribution in [-0.2, 0) is 25.9 Å². The lowest BCUT2D eigenvalue weighted by atomic mass is 10.1. The first-order valence-electron chi connectivity index (χ1n) is 11.1. The number of nitrogens with zero attached hydrogens (tertiary/aromatic N) is 2. The Morgan fingerprint density at radius 1 is 0.971 bits per heavy atom. The topological polar surface area (TPSA) is 89.2 Å². The van der Waals surface area contributed by atoms with Gasteiger partial charge in [0.05, 0.1) is 12.8 Å². The summed E-state index contributed by atoms with van der Waals surface area (Å²) in [6, 6.07) is 17.0. The molecule has 8 heteroatoms. The Balaban J connectivity index is 1.28. The molecule has 0 unspecified atom stereocenters. The van der Waals surface area contributed by atoms with Gasteiger partial charge in [0.15, 0.2) is 5.69 Å². The molecule has 0 saturated heterocycles. The molecule has 0 aliphatic heterocycles. The fourth-order valence-corrected chi connectivity index (χ4v) is 4.21. The molecule has 2 heterocycles. The Morgan fingerprint density at radius 2 is 1.82 bits per heavy atom. The number of hydrogen-bond acceptors (Lipinski definition) is 4. The maximum Gasteiger partial charge on any atom is 0.272 e. The molecule has 0 bridgehead atoms. The number of amides is 2. The second-order valence-corrected chi connectivity index (χ2v) is 8.14. The number of furan rings is 1. The van der Waals surface area contributed by atoms with Crippen molar-refractivity contribution in [2.45, 2.75) is 32.4 Å². The van der Waals surface area contributed by atoms with E-state index in [9.17, 15) is 14.0 Å². The van der Waals surface area contributed by atoms with Crippen LogP contribution in [0.4, 0.5) is 4.39 Å². The zero-order valence-corrected chi connectivity index (χ0v) is 18.4. The fraction of sp³-hybridized carbons (Fsp3) is 0.192. The molecule has 4 aromatic rings. The van der Waals surface area contributed by atoms with Crippen LogP contribution in [0.3, 0.4) is 0 Å². The van der Waals surface area contributed by atoms with Gasteiger partial charge in [0.2, 0.25) is 0 Å². The van der Waals surface area contributed by atoms with Crippen molar-refractivity contribution in [2.24, 2.45) is 0 Å². The van der Waals surface area contributed by atoms with Gasteiger partial charge in [-0.15, -0.1) is 0 Å². The number of benzene rings is 2. The molecule has 1 aliphatic rings. The van der Waals surface area contributed by atoms with E-state index in [0.29, 0.717) is 29.2 Å². The van der Waals surface area contributed by atoms with Gasteiger partial charge in [-0.1, -0.05) is 24.3 Å². The van der Waals surface area contributed by atoms with Gasteiger partial charge in [-0.05, 0) is 61.2 Å². The first-order valence-corrected chi connectivity index (χ1v) is 11.1. The lowest BCUT2D eigenvalue weighted by Crippen LogP contribution is -2.25. The molecule has 0 radical (unpaired) electrons. The van der Waals surface area contributed by atoms with Gasteiger partial charge in [-0.25, -0.2) is 9.07 Å². The molecule has 2 aromatic heterocycles. The van der Waals surface area contributed by atoms with Crippen LogP contribution in [0.1, 0.15) is 49.8 Å². The molecule has 34 heavy (non-hydrogen) atoms. The lowest BCUT2D eigenvalue weighted by Gasteiger charge is -2.08. The molecule has 0 saturated carbocycles. The number of carbonyl (C=O) groups excluding carboxylic acids is 2. The Kier molecular flexibility index (Phi) is 5.95. The van der Waals surface area contributed by atoms with Crippen LogP contribution in [-0.4, -0.2) is 21.6 Å². The fourth-order valence-electron chi connectivity index (χ4n) is 4.21. The van der Waals surface area contributed by atoms with Crippen LogP contribution in [0.25, 0.3) is 5.69 Å². The van der Waals surface area contributed by atoms with E-state index in [2.05, 4.69) is 15.7 Å². The number of hydrogen-bond donors (Lipinski definition) is 2. The average Bonchev–Trinajstić information content (AvgIpc) is 3.60. The molecule has 2 amide bonds. The number of rotatable bonds is 7. The molecular weight excluding hydrogens is 435 g/mol. The number of fused-ring (bicyclic) bond motifs is 1. The van der Waals surface area contributed by atoms with E-state index in [4.69, 9.17) is 4.42 Å². The first-order chi connectivity index (χ1) is 16.6. The van der Waals surface area contributed by atoms with Gasteiger partial charge in [0.25, 0.3) is 11.8 Å². The molecule has 1 aliphatic carbocycles. The van der Waals surface area contributed by atoms with Crippen molar-refractivity contribution in [2.75, 3.05) is 0 Å². The third-order valence-corrected chi connectivity index (χ3v) is 5.87. The highest BCUT2D eigenvalue weighted by molar-refractivity contribution is 5.95. The minimum absolute atomic E-state index is 0.231. The largest absolute Gasteiger partial charge is 0.467 e. The molecule has 5 rings (SSSR count). The SMILES string of the molecule is O=C(NCc1ccco1)c1cccc(CNC(=O)c2nn(-c3ccccc3F)c3c2CCC3)c1. The van der Waals surface area contributed by atoms with Crippen LogP contribution >= 0.6 is 0 Å². The number of carbonyl (C=O) groups is 2. The molecule has 0 fully saturated rings. The highest BCUT2D eigenvalue weighted by atomic mass is 19.1. The monoisotopic (exact) mass is 458 g/mol. The van der Waals surface area contributed by atoms with Crippen LogP contribution in [0.5, 0.6) is 0 Å². The first kappa shape index (κ1) is 21.6. The summed E-state index contributed by atoms with van der Waals surface area (Å²) in [5.74, 6) is -0.264. The molecule has 2 aromatic carbocycles. The summed E-state index contributed by atoms with van der Waals surface area (Å²) in [4.78, 5) is 25.5. The number of aromatic nitrogens is 2. The van der Waals surface area contributed by atoms with Crippen LogP contribution < -0.4 is 10.6 Å². The summed E-state index contributed by atoms with van der Waals surface area (Å²) in [6.45, 7) is 0.530. The number of para-hydroxylation sites is 1. The molecule has 0 atom stereocenters. The summed E-state index contributed by atoms with van der Waals surface area (Å²) in [7, 11) is 0. The summed E-state index contributed by atoms with van der Waals surface area (Å²) < 4.78 is 21.1. The Labute approximate surface area is 195 Å². The van der Waals surface area contributed by atoms with Crippen LogP contribution in [0.15, 0.2) is 71.3 Å². The van der Waals surface area contributed by atoms with E-state index in [0.717, 1.165) is 36.1 Å². The van der Waals surface area contributed by atoms with E-state index in [-0.39, 0.29) is 24.2 Å². The van der Waals surface area contributed by atoms with E-state index in [1.165, 1.54) is 6.07 Å². The van der Waals surface area contributed by atoms with Crippen molar-refractivity contribution in [3.63, 3.8) is 0 Å². The van der Waals surface area contributed by atoms with E-state index in [1.54, 1.807) is 59.5 Å². The van der Waals surface area contributed by atoms with Crippen molar-refractivity contribution >= 4 is 11.8 Å². The second-order valence-electron chi connectivity index (χ2n) is 8.14. The van der Waals surface area contributed by atoms with Gasteiger partial charge in [0, 0.05) is 23.4 Å². The summed E-state index contributed by atoms with van der Waals surface area (Å²) in [6.07, 6.45) is 3.94. The maximum absolute atomic E-state index is 14.4. The Hall–Kier alpha value is -4.20. The van der Waals surface area contributed by atoms with Gasteiger partial charge in [-0.3, -0.25) is 9.59 Å². The third kappa shape index (κ3) is 4.34. The highest BCUT2D eigenvalue weighted by Gasteiger charge is 2.27. The van der Waals surface area contributed by atoms with Gasteiger partial charge in [-0.2, -0.15) is 5.10 Å². The van der Waals surface area contributed by atoms with Crippen LogP contribution in [0.2, 0.25) is 0 Å². The minimum Gasteiger partial charge on any atom is -0.467 e. The zero-order chi connectivity index (χ0) is 23.5. The predicted molar refractivity (Wildman–Crippen MR) is 123 cm³/mol. The minimum atomic E-state index is -0.381. The lowest BCUT2D eigenvalue weighted by molar-refractivity contribution is 0.0940. The third-order valence-electron chi connectivity index (χ3n) is 5.87. The number of halogens is 1. The maximum atomic E-state index is 14.4. The average molecular weight is 458 g/mol. The molecular formula is C26H23FN4O3. The Bertz CT molecular complexity index is 1340. The number of nitrogens with one attached hydrogen (secondary N) is 2. The molecule has 2 N–H and O–H groups in total. The molecule has 172 valence electrons. The molecule has 0 spiro atoms. The Morgan fingerprint density at radius 3 is 2.65 bits per heavy atom. The van der Waals surface area contributed by atoms with E-state index < -0.39 is 0 Å². The highest BCUT2D eigenvalue weighted by Crippen LogP contribution is 2.28. The van der Waals surface area contributed by atoms with Crippen molar-refractivity contribution in [3.05, 3.63) is 107 Å². The van der Waals surface area contributed by atoms with Crippen molar-refractivity contribution in [3.8, 4) is 5.69 Å².